The van der Waals surface area contributed by atoms with Crippen LogP contribution >= 0.6 is 0 Å². The summed E-state index contributed by atoms with van der Waals surface area (Å²) in [5.41, 5.74) is -0.561. The highest BCUT2D eigenvalue weighted by Crippen LogP contribution is 2.20. The molecule has 1 unspecified atom stereocenters. The van der Waals surface area contributed by atoms with E-state index in [4.69, 9.17) is 9.84 Å². The molecule has 1 N–H and O–H groups in total. The second kappa shape index (κ2) is 9.78. The Morgan fingerprint density at radius 1 is 1.05 bits per heavy atom. The summed E-state index contributed by atoms with van der Waals surface area (Å²) in [6.07, 6.45) is 7.23. The fraction of sp³-hybridized carbons (Fsp3) is 0.875. The van der Waals surface area contributed by atoms with Gasteiger partial charge in [-0.15, -0.1) is 0 Å². The zero-order chi connectivity index (χ0) is 15.6. The summed E-state index contributed by atoms with van der Waals surface area (Å²) in [6, 6.07) is 0. The Balaban J connectivity index is 4.15. The summed E-state index contributed by atoms with van der Waals surface area (Å²) in [7, 11) is 0. The second-order valence-electron chi connectivity index (χ2n) is 6.38. The van der Waals surface area contributed by atoms with Crippen LogP contribution < -0.4 is 0 Å². The molecular weight excluding hydrogens is 256 g/mol. The van der Waals surface area contributed by atoms with Gasteiger partial charge in [0.05, 0.1) is 12.3 Å². The number of esters is 1. The standard InChI is InChI=1S/C16H30O4/c1-5-6-7-8-9-10-11-13(12-14(17)18)15(19)20-16(2,3)4/h13H,5-12H2,1-4H3,(H,17,18). The Bertz CT molecular complexity index is 291. The molecule has 4 nitrogen and oxygen atoms in total. The Hall–Kier alpha value is -1.06. The minimum absolute atomic E-state index is 0.135. The molecule has 0 bridgehead atoms. The van der Waals surface area contributed by atoms with Crippen LogP contribution in [-0.2, 0) is 14.3 Å². The SMILES string of the molecule is CCCCCCCCC(CC(=O)O)C(=O)OC(C)(C)C. The number of carbonyl (C=O) groups excluding carboxylic acids is 1. The highest BCUT2D eigenvalue weighted by molar-refractivity contribution is 5.79. The molecule has 0 aromatic heterocycles. The number of hydrogen-bond acceptors (Lipinski definition) is 3. The molecule has 0 radical (unpaired) electrons. The summed E-state index contributed by atoms with van der Waals surface area (Å²) < 4.78 is 5.29. The largest absolute Gasteiger partial charge is 0.481 e. The molecule has 0 aromatic rings. The van der Waals surface area contributed by atoms with Gasteiger partial charge in [0.25, 0.3) is 0 Å². The molecule has 0 aliphatic carbocycles. The fourth-order valence-corrected chi connectivity index (χ4v) is 2.07. The molecule has 20 heavy (non-hydrogen) atoms. The van der Waals surface area contributed by atoms with Crippen LogP contribution in [0.5, 0.6) is 0 Å². The van der Waals surface area contributed by atoms with Crippen LogP contribution in [0.25, 0.3) is 0 Å². The fourth-order valence-electron chi connectivity index (χ4n) is 2.07. The van der Waals surface area contributed by atoms with E-state index in [-0.39, 0.29) is 12.4 Å². The zero-order valence-corrected chi connectivity index (χ0v) is 13.4. The molecule has 0 saturated heterocycles. The monoisotopic (exact) mass is 286 g/mol. The second-order valence-corrected chi connectivity index (χ2v) is 6.38. The van der Waals surface area contributed by atoms with Crippen molar-refractivity contribution < 1.29 is 19.4 Å². The van der Waals surface area contributed by atoms with E-state index in [2.05, 4.69) is 6.92 Å². The number of rotatable bonds is 10. The van der Waals surface area contributed by atoms with Crippen molar-refractivity contribution in [1.82, 2.24) is 0 Å². The quantitative estimate of drug-likeness (QED) is 0.483. The first-order chi connectivity index (χ1) is 9.26. The van der Waals surface area contributed by atoms with Gasteiger partial charge in [0.2, 0.25) is 0 Å². The van der Waals surface area contributed by atoms with Crippen molar-refractivity contribution in [3.8, 4) is 0 Å². The number of aliphatic carboxylic acids is 1. The number of hydrogen-bond donors (Lipinski definition) is 1. The Kier molecular flexibility index (Phi) is 9.26. The van der Waals surface area contributed by atoms with E-state index < -0.39 is 17.5 Å². The van der Waals surface area contributed by atoms with Gasteiger partial charge in [-0.3, -0.25) is 9.59 Å². The van der Waals surface area contributed by atoms with Crippen LogP contribution in [0.4, 0.5) is 0 Å². The van der Waals surface area contributed by atoms with Gasteiger partial charge < -0.3 is 9.84 Å². The van der Waals surface area contributed by atoms with Gasteiger partial charge in [0.15, 0.2) is 0 Å². The van der Waals surface area contributed by atoms with Crippen LogP contribution in [0, 0.1) is 5.92 Å². The topological polar surface area (TPSA) is 63.6 Å². The van der Waals surface area contributed by atoms with Crippen LogP contribution in [0.15, 0.2) is 0 Å². The summed E-state index contributed by atoms with van der Waals surface area (Å²) >= 11 is 0. The molecule has 0 saturated carbocycles. The first-order valence-electron chi connectivity index (χ1n) is 7.71. The number of carboxylic acid groups (broad SMARTS) is 1. The Labute approximate surface area is 122 Å². The van der Waals surface area contributed by atoms with E-state index in [9.17, 15) is 9.59 Å². The van der Waals surface area contributed by atoms with Crippen molar-refractivity contribution in [1.29, 1.82) is 0 Å². The average molecular weight is 286 g/mol. The third kappa shape index (κ3) is 10.8. The molecule has 4 heteroatoms. The van der Waals surface area contributed by atoms with Gasteiger partial charge in [-0.2, -0.15) is 0 Å². The summed E-state index contributed by atoms with van der Waals surface area (Å²) in [4.78, 5) is 22.8. The number of carboxylic acids is 1. The van der Waals surface area contributed by atoms with Crippen LogP contribution in [0.1, 0.15) is 79.1 Å². The molecule has 0 rings (SSSR count). The van der Waals surface area contributed by atoms with Gasteiger partial charge in [-0.1, -0.05) is 45.4 Å². The molecule has 118 valence electrons. The Morgan fingerprint density at radius 3 is 2.10 bits per heavy atom. The normalized spacial score (nSPS) is 13.0. The van der Waals surface area contributed by atoms with Crippen molar-refractivity contribution in [3.63, 3.8) is 0 Å². The first-order valence-corrected chi connectivity index (χ1v) is 7.71. The molecule has 0 heterocycles. The number of unbranched alkanes of at least 4 members (excludes halogenated alkanes) is 5. The lowest BCUT2D eigenvalue weighted by molar-refractivity contribution is -0.163. The Morgan fingerprint density at radius 2 is 1.60 bits per heavy atom. The summed E-state index contributed by atoms with van der Waals surface area (Å²) in [6.45, 7) is 7.57. The minimum atomic E-state index is -0.938. The molecule has 1 atom stereocenters. The minimum Gasteiger partial charge on any atom is -0.481 e. The highest BCUT2D eigenvalue weighted by Gasteiger charge is 2.26. The third-order valence-electron chi connectivity index (χ3n) is 3.07. The van der Waals surface area contributed by atoms with Crippen molar-refractivity contribution in [2.24, 2.45) is 5.92 Å². The number of ether oxygens (including phenoxy) is 1. The van der Waals surface area contributed by atoms with Crippen LogP contribution in [0.3, 0.4) is 0 Å². The van der Waals surface area contributed by atoms with E-state index in [0.717, 1.165) is 19.3 Å². The zero-order valence-electron chi connectivity index (χ0n) is 13.4. The van der Waals surface area contributed by atoms with Gasteiger partial charge in [-0.05, 0) is 27.2 Å². The maximum Gasteiger partial charge on any atom is 0.310 e. The van der Waals surface area contributed by atoms with E-state index in [1.54, 1.807) is 20.8 Å². The maximum absolute atomic E-state index is 12.0. The molecule has 0 aliphatic heterocycles. The van der Waals surface area contributed by atoms with Crippen molar-refractivity contribution in [3.05, 3.63) is 0 Å². The van der Waals surface area contributed by atoms with Crippen molar-refractivity contribution >= 4 is 11.9 Å². The lowest BCUT2D eigenvalue weighted by atomic mass is 9.97. The lowest BCUT2D eigenvalue weighted by Gasteiger charge is -2.23. The maximum atomic E-state index is 12.0. The van der Waals surface area contributed by atoms with Crippen molar-refractivity contribution in [2.75, 3.05) is 0 Å². The third-order valence-corrected chi connectivity index (χ3v) is 3.07. The molecule has 0 aromatic carbocycles. The average Bonchev–Trinajstić information content (AvgIpc) is 2.29. The predicted octanol–water partition coefficient (Wildman–Crippen LogP) is 4.17. The van der Waals surface area contributed by atoms with Gasteiger partial charge >= 0.3 is 11.9 Å². The van der Waals surface area contributed by atoms with E-state index in [1.165, 1.54) is 19.3 Å². The van der Waals surface area contributed by atoms with E-state index in [1.807, 2.05) is 0 Å². The molecule has 0 fully saturated rings. The van der Waals surface area contributed by atoms with Crippen LogP contribution in [0.2, 0.25) is 0 Å². The van der Waals surface area contributed by atoms with Gasteiger partial charge in [-0.25, -0.2) is 0 Å². The lowest BCUT2D eigenvalue weighted by Crippen LogP contribution is -2.30. The van der Waals surface area contributed by atoms with Gasteiger partial charge in [0.1, 0.15) is 5.60 Å². The van der Waals surface area contributed by atoms with Gasteiger partial charge in [0, 0.05) is 0 Å². The molecule has 0 aliphatic rings. The summed E-state index contributed by atoms with van der Waals surface area (Å²) in [5.74, 6) is -1.83. The molecule has 0 amide bonds. The van der Waals surface area contributed by atoms with Crippen LogP contribution in [-0.4, -0.2) is 22.6 Å². The first kappa shape index (κ1) is 18.9. The van der Waals surface area contributed by atoms with E-state index >= 15 is 0 Å². The molecule has 0 spiro atoms. The van der Waals surface area contributed by atoms with Crippen molar-refractivity contribution in [2.45, 2.75) is 84.7 Å². The summed E-state index contributed by atoms with van der Waals surface area (Å²) in [5, 5.41) is 8.90. The highest BCUT2D eigenvalue weighted by atomic mass is 16.6. The predicted molar refractivity (Wildman–Crippen MR) is 79.6 cm³/mol. The van der Waals surface area contributed by atoms with E-state index in [0.29, 0.717) is 6.42 Å². The smallest absolute Gasteiger partial charge is 0.310 e. The number of carbonyl (C=O) groups is 2. The molecular formula is C16H30O4.